The number of nitrogens with zero attached hydrogens (tertiary/aromatic N) is 1. The Morgan fingerprint density at radius 3 is 2.42 bits per heavy atom. The molecule has 0 radical (unpaired) electrons. The van der Waals surface area contributed by atoms with Gasteiger partial charge in [0.05, 0.1) is 18.1 Å². The molecule has 0 N–H and O–H groups in total. The maximum Gasteiger partial charge on any atom is 0.514 e. The second-order valence-electron chi connectivity index (χ2n) is 5.03. The molecule has 0 aliphatic heterocycles. The second-order valence-corrected chi connectivity index (χ2v) is 5.03. The van der Waals surface area contributed by atoms with Gasteiger partial charge in [-0.25, -0.2) is 4.79 Å². The lowest BCUT2D eigenvalue weighted by Crippen LogP contribution is -2.22. The van der Waals surface area contributed by atoms with Crippen LogP contribution in [-0.2, 0) is 16.1 Å². The third-order valence-corrected chi connectivity index (χ3v) is 3.01. The highest BCUT2D eigenvalue weighted by Gasteiger charge is 2.13. The summed E-state index contributed by atoms with van der Waals surface area (Å²) in [5, 5.41) is 10.5. The summed E-state index contributed by atoms with van der Waals surface area (Å²) in [4.78, 5) is 21.6. The van der Waals surface area contributed by atoms with Crippen molar-refractivity contribution in [1.29, 1.82) is 0 Å². The molecule has 0 aliphatic rings. The third-order valence-electron chi connectivity index (χ3n) is 3.01. The molecular weight excluding hydrogens is 314 g/mol. The lowest BCUT2D eigenvalue weighted by Gasteiger charge is -2.13. The molecule has 0 aliphatic carbocycles. The highest BCUT2D eigenvalue weighted by Crippen LogP contribution is 2.17. The van der Waals surface area contributed by atoms with Gasteiger partial charge in [-0.1, -0.05) is 30.3 Å². The lowest BCUT2D eigenvalue weighted by atomic mass is 10.2. The number of rotatable bonds is 7. The van der Waals surface area contributed by atoms with E-state index in [9.17, 15) is 14.9 Å². The van der Waals surface area contributed by atoms with Crippen LogP contribution in [0.2, 0.25) is 0 Å². The molecule has 0 spiro atoms. The number of nitro benzene ring substituents is 1. The van der Waals surface area contributed by atoms with Crippen molar-refractivity contribution in [3.8, 4) is 5.75 Å². The van der Waals surface area contributed by atoms with Crippen molar-refractivity contribution < 1.29 is 23.9 Å². The quantitative estimate of drug-likeness (QED) is 0.332. The van der Waals surface area contributed by atoms with Crippen LogP contribution in [0.25, 0.3) is 0 Å². The van der Waals surface area contributed by atoms with E-state index in [2.05, 4.69) is 0 Å². The van der Waals surface area contributed by atoms with Crippen LogP contribution in [-0.4, -0.2) is 23.8 Å². The van der Waals surface area contributed by atoms with Crippen LogP contribution in [0.5, 0.6) is 5.75 Å². The molecule has 0 unspecified atom stereocenters. The van der Waals surface area contributed by atoms with E-state index in [1.165, 1.54) is 24.3 Å². The minimum Gasteiger partial charge on any atom is -0.429 e. The minimum atomic E-state index is -0.889. The summed E-state index contributed by atoms with van der Waals surface area (Å²) >= 11 is 0. The van der Waals surface area contributed by atoms with E-state index in [0.29, 0.717) is 6.61 Å². The van der Waals surface area contributed by atoms with Gasteiger partial charge in [-0.15, -0.1) is 0 Å². The number of hydrogen-bond donors (Lipinski definition) is 0. The van der Waals surface area contributed by atoms with E-state index in [1.54, 1.807) is 6.92 Å². The van der Waals surface area contributed by atoms with Crippen LogP contribution in [0, 0.1) is 10.1 Å². The van der Waals surface area contributed by atoms with Gasteiger partial charge in [0, 0.05) is 12.1 Å². The Balaban J connectivity index is 1.72. The standard InChI is InChI=1S/C17H17NO6/c1-13(11-22-12-14-5-3-2-4-6-14)23-17(19)24-16-9-7-15(8-10-16)18(20)21/h2-10,13H,11-12H2,1H3/t13-/m1/s1. The van der Waals surface area contributed by atoms with Crippen molar-refractivity contribution in [2.75, 3.05) is 6.61 Å². The molecule has 1 atom stereocenters. The van der Waals surface area contributed by atoms with Crippen molar-refractivity contribution in [2.45, 2.75) is 19.6 Å². The Bertz CT molecular complexity index is 671. The molecule has 2 aromatic rings. The fraction of sp³-hybridized carbons (Fsp3) is 0.235. The smallest absolute Gasteiger partial charge is 0.429 e. The van der Waals surface area contributed by atoms with E-state index >= 15 is 0 Å². The summed E-state index contributed by atoms with van der Waals surface area (Å²) in [6.45, 7) is 2.33. The van der Waals surface area contributed by atoms with Gasteiger partial charge >= 0.3 is 6.16 Å². The molecular formula is C17H17NO6. The summed E-state index contributed by atoms with van der Waals surface area (Å²) in [7, 11) is 0. The first-order valence-corrected chi connectivity index (χ1v) is 7.29. The van der Waals surface area contributed by atoms with Crippen molar-refractivity contribution in [2.24, 2.45) is 0 Å². The molecule has 0 saturated heterocycles. The summed E-state index contributed by atoms with van der Waals surface area (Å²) in [6, 6.07) is 14.8. The number of carbonyl (C=O) groups excluding carboxylic acids is 1. The summed E-state index contributed by atoms with van der Waals surface area (Å²) in [5.74, 6) is 0.169. The molecule has 0 aromatic heterocycles. The highest BCUT2D eigenvalue weighted by atomic mass is 16.7. The topological polar surface area (TPSA) is 87.9 Å². The predicted octanol–water partition coefficient (Wildman–Crippen LogP) is 3.72. The molecule has 0 fully saturated rings. The second kappa shape index (κ2) is 8.64. The monoisotopic (exact) mass is 331 g/mol. The number of hydrogen-bond acceptors (Lipinski definition) is 6. The van der Waals surface area contributed by atoms with E-state index in [-0.39, 0.29) is 18.0 Å². The first-order chi connectivity index (χ1) is 11.5. The Morgan fingerprint density at radius 2 is 1.79 bits per heavy atom. The van der Waals surface area contributed by atoms with Crippen molar-refractivity contribution in [1.82, 2.24) is 0 Å². The van der Waals surface area contributed by atoms with Crippen LogP contribution in [0.15, 0.2) is 54.6 Å². The zero-order valence-corrected chi connectivity index (χ0v) is 13.1. The number of ether oxygens (including phenoxy) is 3. The fourth-order valence-electron chi connectivity index (χ4n) is 1.87. The zero-order chi connectivity index (χ0) is 17.4. The summed E-state index contributed by atoms with van der Waals surface area (Å²) in [5.41, 5.74) is 0.941. The molecule has 2 aromatic carbocycles. The van der Waals surface area contributed by atoms with E-state index in [0.717, 1.165) is 5.56 Å². The number of nitro groups is 1. The van der Waals surface area contributed by atoms with Gasteiger partial charge in [-0.05, 0) is 24.6 Å². The Hall–Kier alpha value is -2.93. The Labute approximate surface area is 138 Å². The van der Waals surface area contributed by atoms with Crippen molar-refractivity contribution >= 4 is 11.8 Å². The molecule has 126 valence electrons. The average molecular weight is 331 g/mol. The maximum atomic E-state index is 11.6. The largest absolute Gasteiger partial charge is 0.514 e. The predicted molar refractivity (Wildman–Crippen MR) is 85.8 cm³/mol. The number of benzene rings is 2. The highest BCUT2D eigenvalue weighted by molar-refractivity contribution is 5.64. The average Bonchev–Trinajstić information content (AvgIpc) is 2.56. The van der Waals surface area contributed by atoms with E-state index < -0.39 is 17.2 Å². The molecule has 7 heteroatoms. The molecule has 0 saturated carbocycles. The zero-order valence-electron chi connectivity index (χ0n) is 13.1. The Kier molecular flexibility index (Phi) is 6.27. The van der Waals surface area contributed by atoms with Crippen LogP contribution in [0.3, 0.4) is 0 Å². The first kappa shape index (κ1) is 17.4. The van der Waals surface area contributed by atoms with Gasteiger partial charge in [0.2, 0.25) is 0 Å². The molecule has 0 heterocycles. The SMILES string of the molecule is C[C@H](COCc1ccccc1)OC(=O)Oc1ccc([N+](=O)[O-])cc1. The first-order valence-electron chi connectivity index (χ1n) is 7.29. The van der Waals surface area contributed by atoms with Crippen LogP contribution >= 0.6 is 0 Å². The van der Waals surface area contributed by atoms with Gasteiger partial charge < -0.3 is 14.2 Å². The van der Waals surface area contributed by atoms with Crippen molar-refractivity contribution in [3.05, 3.63) is 70.3 Å². The minimum absolute atomic E-state index is 0.0848. The van der Waals surface area contributed by atoms with Crippen LogP contribution in [0.1, 0.15) is 12.5 Å². The molecule has 2 rings (SSSR count). The maximum absolute atomic E-state index is 11.6. The summed E-state index contributed by atoms with van der Waals surface area (Å²) in [6.07, 6.45) is -1.38. The normalized spacial score (nSPS) is 11.5. The molecule has 24 heavy (non-hydrogen) atoms. The molecule has 0 bridgehead atoms. The third kappa shape index (κ3) is 5.69. The molecule has 0 amide bonds. The lowest BCUT2D eigenvalue weighted by molar-refractivity contribution is -0.384. The van der Waals surface area contributed by atoms with Crippen molar-refractivity contribution in [3.63, 3.8) is 0 Å². The van der Waals surface area contributed by atoms with Gasteiger partial charge in [-0.2, -0.15) is 0 Å². The summed E-state index contributed by atoms with van der Waals surface area (Å²) < 4.78 is 15.5. The van der Waals surface area contributed by atoms with Gasteiger partial charge in [0.25, 0.3) is 5.69 Å². The van der Waals surface area contributed by atoms with Crippen LogP contribution in [0.4, 0.5) is 10.5 Å². The number of non-ortho nitro benzene ring substituents is 1. The van der Waals surface area contributed by atoms with Crippen LogP contribution < -0.4 is 4.74 Å². The molecule has 7 nitrogen and oxygen atoms in total. The Morgan fingerprint density at radius 1 is 1.12 bits per heavy atom. The van der Waals surface area contributed by atoms with E-state index in [1.807, 2.05) is 30.3 Å². The van der Waals surface area contributed by atoms with Gasteiger partial charge in [0.15, 0.2) is 0 Å². The van der Waals surface area contributed by atoms with Gasteiger partial charge in [0.1, 0.15) is 11.9 Å². The number of carbonyl (C=O) groups is 1. The fourth-order valence-corrected chi connectivity index (χ4v) is 1.87. The van der Waals surface area contributed by atoms with Gasteiger partial charge in [-0.3, -0.25) is 10.1 Å². The van der Waals surface area contributed by atoms with E-state index in [4.69, 9.17) is 14.2 Å².